The molecule has 2 atom stereocenters. The van der Waals surface area contributed by atoms with Crippen molar-refractivity contribution in [3.05, 3.63) is 65.4 Å². The van der Waals surface area contributed by atoms with Crippen LogP contribution in [0, 0.1) is 5.92 Å². The van der Waals surface area contributed by atoms with E-state index in [2.05, 4.69) is 29.8 Å². The maximum Gasteiger partial charge on any atom is 0.153 e. The Labute approximate surface area is 177 Å². The number of piperazine rings is 1. The Hall–Kier alpha value is -2.50. The fourth-order valence-electron chi connectivity index (χ4n) is 3.79. The number of nitrogens with zero attached hydrogens (tertiary/aromatic N) is 2. The fourth-order valence-corrected chi connectivity index (χ4v) is 3.95. The highest BCUT2D eigenvalue weighted by Crippen LogP contribution is 2.39. The summed E-state index contributed by atoms with van der Waals surface area (Å²) in [5, 5.41) is 4.25. The first-order chi connectivity index (χ1) is 14.1. The number of halogens is 1. The molecule has 0 aliphatic carbocycles. The van der Waals surface area contributed by atoms with Gasteiger partial charge in [-0.05, 0) is 37.3 Å². The number of fused-ring (bicyclic) bond motifs is 2. The molecule has 1 N–H and O–H groups in total. The predicted octanol–water partition coefficient (Wildman–Crippen LogP) is 4.98. The minimum atomic E-state index is 0.192. The summed E-state index contributed by atoms with van der Waals surface area (Å²) in [5.41, 5.74) is 1.72. The molecule has 1 saturated heterocycles. The van der Waals surface area contributed by atoms with Crippen LogP contribution in [0.5, 0.6) is 11.5 Å². The molecule has 2 aliphatic heterocycles. The molecule has 5 nitrogen and oxygen atoms in total. The molecule has 0 spiro atoms. The number of para-hydroxylation sites is 1. The molecule has 1 fully saturated rings. The molecular formula is C23H26ClN3O2. The zero-order valence-corrected chi connectivity index (χ0v) is 17.6. The molecule has 29 heavy (non-hydrogen) atoms. The minimum absolute atomic E-state index is 0.192. The molecular weight excluding hydrogens is 386 g/mol. The third-order valence-corrected chi connectivity index (χ3v) is 5.68. The second-order valence-electron chi connectivity index (χ2n) is 7.34. The lowest BCUT2D eigenvalue weighted by Crippen LogP contribution is -2.55. The number of ether oxygens (including phenoxy) is 2. The molecule has 2 heterocycles. The SMILES string of the molecule is C=C(OCC)[C@H](C)[C@H]1CN(C2=Nc3cc(Cl)ccc3Oc3ccccc32)CCN1. The van der Waals surface area contributed by atoms with E-state index in [1.165, 1.54) is 0 Å². The monoisotopic (exact) mass is 411 g/mol. The van der Waals surface area contributed by atoms with Crippen LogP contribution in [0.15, 0.2) is 59.8 Å². The van der Waals surface area contributed by atoms with Crippen molar-refractivity contribution in [2.24, 2.45) is 10.9 Å². The summed E-state index contributed by atoms with van der Waals surface area (Å²) in [5.74, 6) is 3.42. The zero-order valence-electron chi connectivity index (χ0n) is 16.8. The lowest BCUT2D eigenvalue weighted by atomic mass is 9.97. The first-order valence-electron chi connectivity index (χ1n) is 10.0. The van der Waals surface area contributed by atoms with E-state index in [0.717, 1.165) is 48.2 Å². The quantitative estimate of drug-likeness (QED) is 0.720. The Morgan fingerprint density at radius 2 is 2.17 bits per heavy atom. The van der Waals surface area contributed by atoms with E-state index in [0.29, 0.717) is 17.4 Å². The Balaban J connectivity index is 1.69. The number of benzene rings is 2. The van der Waals surface area contributed by atoms with E-state index in [9.17, 15) is 0 Å². The van der Waals surface area contributed by atoms with Crippen LogP contribution in [0.3, 0.4) is 0 Å². The van der Waals surface area contributed by atoms with Crippen molar-refractivity contribution in [2.45, 2.75) is 19.9 Å². The van der Waals surface area contributed by atoms with Crippen molar-refractivity contribution in [2.75, 3.05) is 26.2 Å². The van der Waals surface area contributed by atoms with Gasteiger partial charge in [0.25, 0.3) is 0 Å². The predicted molar refractivity (Wildman–Crippen MR) is 117 cm³/mol. The highest BCUT2D eigenvalue weighted by Gasteiger charge is 2.30. The van der Waals surface area contributed by atoms with Gasteiger partial charge in [0.1, 0.15) is 17.3 Å². The summed E-state index contributed by atoms with van der Waals surface area (Å²) < 4.78 is 11.8. The number of amidine groups is 1. The number of nitrogens with one attached hydrogen (secondary N) is 1. The average Bonchev–Trinajstić information content (AvgIpc) is 2.90. The van der Waals surface area contributed by atoms with E-state index in [1.807, 2.05) is 43.3 Å². The van der Waals surface area contributed by atoms with Crippen LogP contribution in [-0.4, -0.2) is 43.0 Å². The van der Waals surface area contributed by atoms with Crippen molar-refractivity contribution < 1.29 is 9.47 Å². The molecule has 0 aromatic heterocycles. The van der Waals surface area contributed by atoms with Crippen LogP contribution in [0.4, 0.5) is 5.69 Å². The van der Waals surface area contributed by atoms with E-state index in [4.69, 9.17) is 26.1 Å². The molecule has 6 heteroatoms. The van der Waals surface area contributed by atoms with Crippen molar-refractivity contribution in [3.8, 4) is 11.5 Å². The van der Waals surface area contributed by atoms with Crippen LogP contribution in [0.25, 0.3) is 0 Å². The summed E-state index contributed by atoms with van der Waals surface area (Å²) in [6, 6.07) is 13.8. The molecule has 0 radical (unpaired) electrons. The number of aliphatic imine (C=N–C) groups is 1. The summed E-state index contributed by atoms with van der Waals surface area (Å²) in [7, 11) is 0. The van der Waals surface area contributed by atoms with Gasteiger partial charge in [0.15, 0.2) is 5.75 Å². The number of hydrogen-bond acceptors (Lipinski definition) is 5. The second kappa shape index (κ2) is 8.47. The maximum absolute atomic E-state index is 6.23. The highest BCUT2D eigenvalue weighted by atomic mass is 35.5. The summed E-state index contributed by atoms with van der Waals surface area (Å²) in [6.07, 6.45) is 0. The van der Waals surface area contributed by atoms with Gasteiger partial charge in [-0.15, -0.1) is 0 Å². The van der Waals surface area contributed by atoms with Crippen LogP contribution in [0.1, 0.15) is 19.4 Å². The van der Waals surface area contributed by atoms with Crippen molar-refractivity contribution >= 4 is 23.1 Å². The number of rotatable bonds is 4. The second-order valence-corrected chi connectivity index (χ2v) is 7.78. The van der Waals surface area contributed by atoms with Crippen LogP contribution >= 0.6 is 11.6 Å². The van der Waals surface area contributed by atoms with Crippen molar-refractivity contribution in [3.63, 3.8) is 0 Å². The Bertz CT molecular complexity index is 943. The molecule has 2 aromatic carbocycles. The van der Waals surface area contributed by atoms with Crippen LogP contribution in [-0.2, 0) is 4.74 Å². The van der Waals surface area contributed by atoms with E-state index in [-0.39, 0.29) is 12.0 Å². The molecule has 0 amide bonds. The Kier molecular flexibility index (Phi) is 5.79. The molecule has 0 bridgehead atoms. The normalized spacial score (nSPS) is 19.2. The molecule has 0 unspecified atom stereocenters. The van der Waals surface area contributed by atoms with Crippen molar-refractivity contribution in [1.29, 1.82) is 0 Å². The summed E-state index contributed by atoms with van der Waals surface area (Å²) >= 11 is 6.23. The van der Waals surface area contributed by atoms with Gasteiger partial charge < -0.3 is 19.7 Å². The van der Waals surface area contributed by atoms with Gasteiger partial charge in [-0.3, -0.25) is 0 Å². The smallest absolute Gasteiger partial charge is 0.153 e. The van der Waals surface area contributed by atoms with Crippen LogP contribution < -0.4 is 10.1 Å². The number of hydrogen-bond donors (Lipinski definition) is 1. The summed E-state index contributed by atoms with van der Waals surface area (Å²) in [6.45, 7) is 11.4. The first kappa shape index (κ1) is 19.8. The van der Waals surface area contributed by atoms with Crippen LogP contribution in [0.2, 0.25) is 5.02 Å². The zero-order chi connectivity index (χ0) is 20.4. The minimum Gasteiger partial charge on any atom is -0.499 e. The Morgan fingerprint density at radius 3 is 3.00 bits per heavy atom. The largest absolute Gasteiger partial charge is 0.499 e. The lowest BCUT2D eigenvalue weighted by molar-refractivity contribution is 0.161. The maximum atomic E-state index is 6.23. The van der Waals surface area contributed by atoms with Gasteiger partial charge in [0.05, 0.1) is 17.9 Å². The van der Waals surface area contributed by atoms with Gasteiger partial charge in [-0.25, -0.2) is 4.99 Å². The third kappa shape index (κ3) is 4.11. The standard InChI is InChI=1S/C23H26ClN3O2/c1-4-28-16(3)15(2)20-14-27(12-11-25-20)23-18-7-5-6-8-21(18)29-22-10-9-17(24)13-19(22)26-23/h5-10,13,15,20,25H,3-4,11-12,14H2,1-2H3/t15-,20+/m0/s1. The van der Waals surface area contributed by atoms with Gasteiger partial charge >= 0.3 is 0 Å². The molecule has 2 aromatic rings. The van der Waals surface area contributed by atoms with Gasteiger partial charge in [-0.1, -0.05) is 37.2 Å². The molecule has 2 aliphatic rings. The van der Waals surface area contributed by atoms with E-state index in [1.54, 1.807) is 0 Å². The fraction of sp³-hybridized carbons (Fsp3) is 0.348. The molecule has 4 rings (SSSR count). The lowest BCUT2D eigenvalue weighted by Gasteiger charge is -2.38. The molecule has 152 valence electrons. The third-order valence-electron chi connectivity index (χ3n) is 5.44. The van der Waals surface area contributed by atoms with E-state index < -0.39 is 0 Å². The van der Waals surface area contributed by atoms with E-state index >= 15 is 0 Å². The Morgan fingerprint density at radius 1 is 1.34 bits per heavy atom. The topological polar surface area (TPSA) is 46.1 Å². The molecule has 0 saturated carbocycles. The average molecular weight is 412 g/mol. The van der Waals surface area contributed by atoms with Gasteiger partial charge in [-0.2, -0.15) is 0 Å². The van der Waals surface area contributed by atoms with Gasteiger partial charge in [0.2, 0.25) is 0 Å². The summed E-state index contributed by atoms with van der Waals surface area (Å²) in [4.78, 5) is 7.31. The highest BCUT2D eigenvalue weighted by molar-refractivity contribution is 6.31. The van der Waals surface area contributed by atoms with Gasteiger partial charge in [0, 0.05) is 36.6 Å². The first-order valence-corrected chi connectivity index (χ1v) is 10.4. The van der Waals surface area contributed by atoms with Crippen molar-refractivity contribution in [1.82, 2.24) is 10.2 Å².